The molecule has 0 amide bonds. The molecule has 1 atom stereocenters. The van der Waals surface area contributed by atoms with Gasteiger partial charge in [0.05, 0.1) is 12.5 Å². The summed E-state index contributed by atoms with van der Waals surface area (Å²) in [5.74, 6) is -0.0892. The minimum atomic E-state index is -0.0792. The minimum absolute atomic E-state index is 0.0100. The average Bonchev–Trinajstić information content (AvgIpc) is 2.42. The molecule has 1 aliphatic heterocycles. The summed E-state index contributed by atoms with van der Waals surface area (Å²) >= 11 is 6.06. The van der Waals surface area contributed by atoms with Crippen molar-refractivity contribution in [3.8, 4) is 0 Å². The van der Waals surface area contributed by atoms with Gasteiger partial charge in [0.1, 0.15) is 5.15 Å². The van der Waals surface area contributed by atoms with Crippen LogP contribution in [0.1, 0.15) is 25.3 Å². The molecule has 2 rings (SSSR count). The van der Waals surface area contributed by atoms with E-state index in [-0.39, 0.29) is 11.9 Å². The molecule has 1 saturated heterocycles. The zero-order valence-electron chi connectivity index (χ0n) is 11.1. The van der Waals surface area contributed by atoms with Gasteiger partial charge in [-0.25, -0.2) is 4.98 Å². The smallest absolute Gasteiger partial charge is 0.310 e. The van der Waals surface area contributed by atoms with E-state index >= 15 is 0 Å². The van der Waals surface area contributed by atoms with Gasteiger partial charge in [-0.3, -0.25) is 9.69 Å². The first-order chi connectivity index (χ1) is 9.20. The quantitative estimate of drug-likeness (QED) is 0.629. The minimum Gasteiger partial charge on any atom is -0.466 e. The van der Waals surface area contributed by atoms with Gasteiger partial charge in [-0.2, -0.15) is 0 Å². The highest BCUT2D eigenvalue weighted by Crippen LogP contribution is 2.21. The van der Waals surface area contributed by atoms with Crippen LogP contribution in [0.15, 0.2) is 18.3 Å². The van der Waals surface area contributed by atoms with E-state index in [2.05, 4.69) is 9.88 Å². The predicted octanol–water partition coefficient (Wildman–Crippen LogP) is 2.51. The van der Waals surface area contributed by atoms with Crippen LogP contribution in [0.25, 0.3) is 0 Å². The highest BCUT2D eigenvalue weighted by molar-refractivity contribution is 6.30. The van der Waals surface area contributed by atoms with Gasteiger partial charge in [0.25, 0.3) is 0 Å². The topological polar surface area (TPSA) is 42.4 Å². The highest BCUT2D eigenvalue weighted by atomic mass is 35.5. The summed E-state index contributed by atoms with van der Waals surface area (Å²) < 4.78 is 5.10. The monoisotopic (exact) mass is 282 g/mol. The number of ether oxygens (including phenoxy) is 1. The Labute approximate surface area is 118 Å². The fourth-order valence-electron chi connectivity index (χ4n) is 2.43. The maximum absolute atomic E-state index is 11.8. The second-order valence-corrected chi connectivity index (χ2v) is 5.14. The Kier molecular flexibility index (Phi) is 5.16. The van der Waals surface area contributed by atoms with Crippen molar-refractivity contribution < 1.29 is 9.53 Å². The van der Waals surface area contributed by atoms with Crippen molar-refractivity contribution in [2.24, 2.45) is 5.92 Å². The predicted molar refractivity (Wildman–Crippen MR) is 73.9 cm³/mol. The van der Waals surface area contributed by atoms with Crippen LogP contribution < -0.4 is 0 Å². The number of rotatable bonds is 4. The van der Waals surface area contributed by atoms with Crippen molar-refractivity contribution in [1.82, 2.24) is 9.88 Å². The molecular formula is C14H19ClN2O2. The number of aromatic nitrogens is 1. The number of hydrogen-bond donors (Lipinski definition) is 0. The molecule has 0 saturated carbocycles. The van der Waals surface area contributed by atoms with Crippen LogP contribution in [0, 0.1) is 5.92 Å². The molecule has 1 aliphatic rings. The van der Waals surface area contributed by atoms with E-state index in [4.69, 9.17) is 16.3 Å². The fraction of sp³-hybridized carbons (Fsp3) is 0.571. The largest absolute Gasteiger partial charge is 0.466 e. The molecule has 1 aromatic rings. The molecular weight excluding hydrogens is 264 g/mol. The third-order valence-corrected chi connectivity index (χ3v) is 3.70. The lowest BCUT2D eigenvalue weighted by Crippen LogP contribution is -2.39. The van der Waals surface area contributed by atoms with Gasteiger partial charge in [-0.15, -0.1) is 0 Å². The van der Waals surface area contributed by atoms with Crippen LogP contribution in [0.4, 0.5) is 0 Å². The molecule has 104 valence electrons. The molecule has 2 heterocycles. The zero-order valence-corrected chi connectivity index (χ0v) is 11.9. The Hall–Kier alpha value is -1.13. The van der Waals surface area contributed by atoms with Gasteiger partial charge in [-0.05, 0) is 32.4 Å². The van der Waals surface area contributed by atoms with Crippen LogP contribution in [0.3, 0.4) is 0 Å². The molecule has 5 heteroatoms. The lowest BCUT2D eigenvalue weighted by atomic mass is 9.98. The van der Waals surface area contributed by atoms with Crippen LogP contribution in [-0.2, 0) is 16.1 Å². The lowest BCUT2D eigenvalue weighted by Gasteiger charge is -2.31. The zero-order chi connectivity index (χ0) is 13.7. The Morgan fingerprint density at radius 1 is 1.63 bits per heavy atom. The van der Waals surface area contributed by atoms with E-state index in [0.29, 0.717) is 11.8 Å². The molecule has 0 N–H and O–H groups in total. The van der Waals surface area contributed by atoms with E-state index in [1.807, 2.05) is 19.1 Å². The van der Waals surface area contributed by atoms with Crippen molar-refractivity contribution in [2.45, 2.75) is 26.3 Å². The molecule has 1 aromatic heterocycles. The maximum Gasteiger partial charge on any atom is 0.310 e. The van der Waals surface area contributed by atoms with Gasteiger partial charge in [0, 0.05) is 24.8 Å². The molecule has 0 aromatic carbocycles. The van der Waals surface area contributed by atoms with Crippen LogP contribution >= 0.6 is 11.6 Å². The molecule has 0 aliphatic carbocycles. The standard InChI is InChI=1S/C14H19ClN2O2/c1-2-19-14(18)12-6-4-8-17(10-12)9-11-5-3-7-16-13(11)15/h3,5,7,12H,2,4,6,8-10H2,1H3/t12-/m1/s1. The van der Waals surface area contributed by atoms with Crippen molar-refractivity contribution in [2.75, 3.05) is 19.7 Å². The molecule has 0 unspecified atom stereocenters. The van der Waals surface area contributed by atoms with E-state index in [1.54, 1.807) is 6.20 Å². The summed E-state index contributed by atoms with van der Waals surface area (Å²) in [5.41, 5.74) is 1.01. The maximum atomic E-state index is 11.8. The van der Waals surface area contributed by atoms with Crippen molar-refractivity contribution >= 4 is 17.6 Å². The second-order valence-electron chi connectivity index (χ2n) is 4.78. The molecule has 0 bridgehead atoms. The van der Waals surface area contributed by atoms with E-state index in [9.17, 15) is 4.79 Å². The normalized spacial score (nSPS) is 20.2. The Bertz CT molecular complexity index is 439. The van der Waals surface area contributed by atoms with Gasteiger partial charge >= 0.3 is 5.97 Å². The summed E-state index contributed by atoms with van der Waals surface area (Å²) in [6.07, 6.45) is 3.61. The summed E-state index contributed by atoms with van der Waals surface area (Å²) in [6.45, 7) is 4.76. The van der Waals surface area contributed by atoms with E-state index < -0.39 is 0 Å². The second kappa shape index (κ2) is 6.87. The first-order valence-electron chi connectivity index (χ1n) is 6.69. The summed E-state index contributed by atoms with van der Waals surface area (Å²) in [5, 5.41) is 0.542. The van der Waals surface area contributed by atoms with Gasteiger partial charge < -0.3 is 4.74 Å². The summed E-state index contributed by atoms with van der Waals surface area (Å²) in [6, 6.07) is 3.86. The molecule has 0 radical (unpaired) electrons. The highest BCUT2D eigenvalue weighted by Gasteiger charge is 2.27. The summed E-state index contributed by atoms with van der Waals surface area (Å²) in [4.78, 5) is 18.1. The average molecular weight is 283 g/mol. The number of nitrogens with zero attached hydrogens (tertiary/aromatic N) is 2. The third kappa shape index (κ3) is 3.91. The van der Waals surface area contributed by atoms with Crippen molar-refractivity contribution in [3.63, 3.8) is 0 Å². The number of piperidine rings is 1. The third-order valence-electron chi connectivity index (χ3n) is 3.36. The SMILES string of the molecule is CCOC(=O)[C@@H]1CCCN(Cc2cccnc2Cl)C1. The first-order valence-corrected chi connectivity index (χ1v) is 7.07. The van der Waals surface area contributed by atoms with Crippen molar-refractivity contribution in [1.29, 1.82) is 0 Å². The number of halogens is 1. The number of hydrogen-bond acceptors (Lipinski definition) is 4. The van der Waals surface area contributed by atoms with Gasteiger partial charge in [-0.1, -0.05) is 17.7 Å². The van der Waals surface area contributed by atoms with Crippen LogP contribution in [0.5, 0.6) is 0 Å². The lowest BCUT2D eigenvalue weighted by molar-refractivity contribution is -0.150. The number of esters is 1. The number of likely N-dealkylation sites (tertiary alicyclic amines) is 1. The molecule has 4 nitrogen and oxygen atoms in total. The molecule has 0 spiro atoms. The van der Waals surface area contributed by atoms with Crippen LogP contribution in [0.2, 0.25) is 5.15 Å². The first kappa shape index (κ1) is 14.3. The fourth-order valence-corrected chi connectivity index (χ4v) is 2.61. The Morgan fingerprint density at radius 3 is 3.21 bits per heavy atom. The Balaban J connectivity index is 1.94. The number of carbonyl (C=O) groups excluding carboxylic acids is 1. The number of pyridine rings is 1. The van der Waals surface area contributed by atoms with Gasteiger partial charge in [0.15, 0.2) is 0 Å². The molecule has 19 heavy (non-hydrogen) atoms. The summed E-state index contributed by atoms with van der Waals surface area (Å²) in [7, 11) is 0. The van der Waals surface area contributed by atoms with E-state index in [0.717, 1.165) is 38.0 Å². The Morgan fingerprint density at radius 2 is 2.47 bits per heavy atom. The molecule has 1 fully saturated rings. The van der Waals surface area contributed by atoms with Gasteiger partial charge in [0.2, 0.25) is 0 Å². The number of carbonyl (C=O) groups is 1. The van der Waals surface area contributed by atoms with E-state index in [1.165, 1.54) is 0 Å². The van der Waals surface area contributed by atoms with Crippen LogP contribution in [-0.4, -0.2) is 35.5 Å². The van der Waals surface area contributed by atoms with Crippen molar-refractivity contribution in [3.05, 3.63) is 29.0 Å².